The van der Waals surface area contributed by atoms with Crippen LogP contribution < -0.4 is 4.90 Å². The van der Waals surface area contributed by atoms with Gasteiger partial charge in [-0.3, -0.25) is 0 Å². The van der Waals surface area contributed by atoms with E-state index in [1.54, 1.807) is 0 Å². The number of fused-ring (bicyclic) bond motifs is 1. The third kappa shape index (κ3) is 2.47. The first-order valence-electron chi connectivity index (χ1n) is 7.49. The Morgan fingerprint density at radius 3 is 2.50 bits per heavy atom. The highest BCUT2D eigenvalue weighted by Crippen LogP contribution is 2.32. The topological polar surface area (TPSA) is 29.0 Å². The van der Waals surface area contributed by atoms with Crippen LogP contribution in [0.4, 0.5) is 5.82 Å². The molecule has 20 heavy (non-hydrogen) atoms. The van der Waals surface area contributed by atoms with E-state index in [2.05, 4.69) is 28.1 Å². The molecule has 0 unspecified atom stereocenters. The first-order valence-corrected chi connectivity index (χ1v) is 7.86. The van der Waals surface area contributed by atoms with Crippen LogP contribution >= 0.6 is 11.6 Å². The lowest BCUT2D eigenvalue weighted by atomic mass is 9.94. The molecule has 1 aromatic carbocycles. The Kier molecular flexibility index (Phi) is 4.06. The molecule has 3 rings (SSSR count). The van der Waals surface area contributed by atoms with Crippen molar-refractivity contribution in [3.63, 3.8) is 0 Å². The second-order valence-electron chi connectivity index (χ2n) is 5.44. The van der Waals surface area contributed by atoms with Crippen molar-refractivity contribution in [3.05, 3.63) is 29.4 Å². The number of benzene rings is 1. The predicted octanol–water partition coefficient (Wildman–Crippen LogP) is 4.44. The maximum absolute atomic E-state index is 6.17. The molecule has 0 aliphatic heterocycles. The van der Waals surface area contributed by atoms with Crippen molar-refractivity contribution in [1.82, 2.24) is 10.2 Å². The molecule has 106 valence electrons. The molecule has 1 aliphatic carbocycles. The van der Waals surface area contributed by atoms with Gasteiger partial charge in [0.05, 0.1) is 0 Å². The van der Waals surface area contributed by atoms with Crippen LogP contribution in [-0.2, 0) is 0 Å². The summed E-state index contributed by atoms with van der Waals surface area (Å²) in [5.41, 5.74) is 0. The van der Waals surface area contributed by atoms with Crippen molar-refractivity contribution in [2.45, 2.75) is 45.1 Å². The first kappa shape index (κ1) is 13.6. The number of rotatable bonds is 3. The van der Waals surface area contributed by atoms with Gasteiger partial charge in [-0.2, -0.15) is 0 Å². The number of hydrogen-bond acceptors (Lipinski definition) is 3. The van der Waals surface area contributed by atoms with Crippen molar-refractivity contribution in [3.8, 4) is 0 Å². The van der Waals surface area contributed by atoms with E-state index in [4.69, 9.17) is 11.6 Å². The summed E-state index contributed by atoms with van der Waals surface area (Å²) in [4.78, 5) is 2.41. The van der Waals surface area contributed by atoms with E-state index >= 15 is 0 Å². The number of nitrogens with zero attached hydrogens (tertiary/aromatic N) is 3. The van der Waals surface area contributed by atoms with E-state index in [-0.39, 0.29) is 0 Å². The van der Waals surface area contributed by atoms with Gasteiger partial charge in [-0.25, -0.2) is 0 Å². The van der Waals surface area contributed by atoms with Crippen LogP contribution in [0.5, 0.6) is 0 Å². The first-order chi connectivity index (χ1) is 9.81. The number of halogens is 1. The second-order valence-corrected chi connectivity index (χ2v) is 5.80. The smallest absolute Gasteiger partial charge is 0.159 e. The summed E-state index contributed by atoms with van der Waals surface area (Å²) in [5, 5.41) is 11.1. The van der Waals surface area contributed by atoms with E-state index in [1.807, 2.05) is 18.2 Å². The zero-order valence-corrected chi connectivity index (χ0v) is 12.6. The second kappa shape index (κ2) is 5.96. The Morgan fingerprint density at radius 2 is 1.80 bits per heavy atom. The molecule has 0 radical (unpaired) electrons. The van der Waals surface area contributed by atoms with Crippen molar-refractivity contribution >= 4 is 28.2 Å². The lowest BCUT2D eigenvalue weighted by molar-refractivity contribution is 0.416. The maximum Gasteiger partial charge on any atom is 0.159 e. The van der Waals surface area contributed by atoms with Crippen LogP contribution in [0.3, 0.4) is 0 Å². The zero-order chi connectivity index (χ0) is 13.9. The van der Waals surface area contributed by atoms with Gasteiger partial charge in [0, 0.05) is 23.4 Å². The summed E-state index contributed by atoms with van der Waals surface area (Å²) in [7, 11) is 0. The molecule has 0 N–H and O–H groups in total. The van der Waals surface area contributed by atoms with E-state index in [0.29, 0.717) is 11.2 Å². The SMILES string of the molecule is CCN(c1nnc(Cl)c2ccccc12)C1CCCCC1. The molecule has 3 nitrogen and oxygen atoms in total. The Hall–Kier alpha value is -1.35. The highest BCUT2D eigenvalue weighted by atomic mass is 35.5. The van der Waals surface area contributed by atoms with E-state index in [1.165, 1.54) is 32.1 Å². The van der Waals surface area contributed by atoms with Gasteiger partial charge in [0.15, 0.2) is 11.0 Å². The molecule has 4 heteroatoms. The molecule has 1 saturated carbocycles. The van der Waals surface area contributed by atoms with Gasteiger partial charge in [0.1, 0.15) is 0 Å². The number of hydrogen-bond donors (Lipinski definition) is 0. The number of aromatic nitrogens is 2. The Labute approximate surface area is 124 Å². The molecule has 0 spiro atoms. The standard InChI is InChI=1S/C16H20ClN3/c1-2-20(12-8-4-3-5-9-12)16-14-11-7-6-10-13(14)15(17)18-19-16/h6-7,10-12H,2-5,8-9H2,1H3. The van der Waals surface area contributed by atoms with Crippen LogP contribution in [0.15, 0.2) is 24.3 Å². The lowest BCUT2D eigenvalue weighted by Gasteiger charge is -2.34. The van der Waals surface area contributed by atoms with Crippen LogP contribution in [-0.4, -0.2) is 22.8 Å². The van der Waals surface area contributed by atoms with Gasteiger partial charge in [0.2, 0.25) is 0 Å². The fourth-order valence-electron chi connectivity index (χ4n) is 3.24. The number of anilines is 1. The fourth-order valence-corrected chi connectivity index (χ4v) is 3.45. The van der Waals surface area contributed by atoms with Crippen LogP contribution in [0.2, 0.25) is 5.15 Å². The summed E-state index contributed by atoms with van der Waals surface area (Å²) in [6.07, 6.45) is 6.51. The van der Waals surface area contributed by atoms with Gasteiger partial charge in [0.25, 0.3) is 0 Å². The van der Waals surface area contributed by atoms with Crippen LogP contribution in [0, 0.1) is 0 Å². The summed E-state index contributed by atoms with van der Waals surface area (Å²) in [6.45, 7) is 3.16. The van der Waals surface area contributed by atoms with Crippen molar-refractivity contribution in [1.29, 1.82) is 0 Å². The van der Waals surface area contributed by atoms with Crippen molar-refractivity contribution in [2.75, 3.05) is 11.4 Å². The monoisotopic (exact) mass is 289 g/mol. The van der Waals surface area contributed by atoms with Crippen molar-refractivity contribution in [2.24, 2.45) is 0 Å². The quantitative estimate of drug-likeness (QED) is 0.836. The van der Waals surface area contributed by atoms with Gasteiger partial charge < -0.3 is 4.90 Å². The highest BCUT2D eigenvalue weighted by Gasteiger charge is 2.23. The maximum atomic E-state index is 6.17. The van der Waals surface area contributed by atoms with Crippen LogP contribution in [0.25, 0.3) is 10.8 Å². The van der Waals surface area contributed by atoms with E-state index in [0.717, 1.165) is 23.1 Å². The minimum Gasteiger partial charge on any atom is -0.352 e. The van der Waals surface area contributed by atoms with Crippen LogP contribution in [0.1, 0.15) is 39.0 Å². The largest absolute Gasteiger partial charge is 0.352 e. The normalized spacial score (nSPS) is 16.5. The molecule has 1 fully saturated rings. The molecule has 1 aliphatic rings. The summed E-state index contributed by atoms with van der Waals surface area (Å²) >= 11 is 6.17. The molecule has 0 saturated heterocycles. The average Bonchev–Trinajstić information content (AvgIpc) is 2.52. The summed E-state index contributed by atoms with van der Waals surface area (Å²) < 4.78 is 0. The third-order valence-corrected chi connectivity index (χ3v) is 4.53. The van der Waals surface area contributed by atoms with Gasteiger partial charge in [-0.1, -0.05) is 55.1 Å². The summed E-state index contributed by atoms with van der Waals surface area (Å²) in [5.74, 6) is 0.986. The minimum absolute atomic E-state index is 0.490. The molecule has 1 aromatic heterocycles. The van der Waals surface area contributed by atoms with Crippen molar-refractivity contribution < 1.29 is 0 Å². The average molecular weight is 290 g/mol. The lowest BCUT2D eigenvalue weighted by Crippen LogP contribution is -2.37. The molecule has 2 aromatic rings. The van der Waals surface area contributed by atoms with Gasteiger partial charge >= 0.3 is 0 Å². The Bertz CT molecular complexity index is 593. The van der Waals surface area contributed by atoms with E-state index < -0.39 is 0 Å². The van der Waals surface area contributed by atoms with Gasteiger partial charge in [-0.15, -0.1) is 10.2 Å². The molecular weight excluding hydrogens is 270 g/mol. The Morgan fingerprint density at radius 1 is 1.10 bits per heavy atom. The molecule has 0 bridgehead atoms. The molecule has 1 heterocycles. The summed E-state index contributed by atoms with van der Waals surface area (Å²) in [6, 6.07) is 8.74. The van der Waals surface area contributed by atoms with E-state index in [9.17, 15) is 0 Å². The molecular formula is C16H20ClN3. The Balaban J connectivity index is 2.05. The third-order valence-electron chi connectivity index (χ3n) is 4.25. The predicted molar refractivity (Wildman–Crippen MR) is 84.4 cm³/mol. The molecule has 0 atom stereocenters. The highest BCUT2D eigenvalue weighted by molar-refractivity contribution is 6.34. The fraction of sp³-hybridized carbons (Fsp3) is 0.500. The zero-order valence-electron chi connectivity index (χ0n) is 11.8. The molecule has 0 amide bonds. The van der Waals surface area contributed by atoms with Gasteiger partial charge in [-0.05, 0) is 19.8 Å². The minimum atomic E-state index is 0.490.